The Labute approximate surface area is 100 Å². The highest BCUT2D eigenvalue weighted by Gasteiger charge is 2.16. The third-order valence-corrected chi connectivity index (χ3v) is 4.36. The first kappa shape index (κ1) is 10.2. The number of rotatable bonds is 3. The highest BCUT2D eigenvalue weighted by Crippen LogP contribution is 2.30. The Morgan fingerprint density at radius 1 is 1.50 bits per heavy atom. The van der Waals surface area contributed by atoms with Crippen LogP contribution in [0.1, 0.15) is 16.5 Å². The van der Waals surface area contributed by atoms with Crippen LogP contribution in [0.2, 0.25) is 0 Å². The van der Waals surface area contributed by atoms with Crippen LogP contribution < -0.4 is 5.32 Å². The van der Waals surface area contributed by atoms with Gasteiger partial charge in [-0.1, -0.05) is 0 Å². The molecule has 0 amide bonds. The third-order valence-electron chi connectivity index (χ3n) is 2.07. The van der Waals surface area contributed by atoms with Gasteiger partial charge in [-0.15, -0.1) is 11.3 Å². The van der Waals surface area contributed by atoms with Gasteiger partial charge in [-0.25, -0.2) is 0 Å². The average Bonchev–Trinajstić information content (AvgIpc) is 2.80. The molecule has 14 heavy (non-hydrogen) atoms. The van der Waals surface area contributed by atoms with Gasteiger partial charge in [0.05, 0.1) is 18.6 Å². The SMILES string of the molecule is CNC(c1ccoc1)c1sccc1I. The predicted octanol–water partition coefficient (Wildman–Crippen LogP) is 3.25. The van der Waals surface area contributed by atoms with E-state index in [0.717, 1.165) is 0 Å². The summed E-state index contributed by atoms with van der Waals surface area (Å²) in [6.45, 7) is 0. The van der Waals surface area contributed by atoms with Crippen LogP contribution in [0.4, 0.5) is 0 Å². The highest BCUT2D eigenvalue weighted by molar-refractivity contribution is 14.1. The summed E-state index contributed by atoms with van der Waals surface area (Å²) in [5.74, 6) is 0. The van der Waals surface area contributed by atoms with Crippen molar-refractivity contribution in [1.29, 1.82) is 0 Å². The summed E-state index contributed by atoms with van der Waals surface area (Å²) in [5.41, 5.74) is 1.17. The van der Waals surface area contributed by atoms with E-state index in [2.05, 4.69) is 39.4 Å². The molecular formula is C10H10INOS. The van der Waals surface area contributed by atoms with E-state index in [4.69, 9.17) is 4.42 Å². The minimum Gasteiger partial charge on any atom is -0.472 e. The zero-order chi connectivity index (χ0) is 9.97. The number of thiophene rings is 1. The van der Waals surface area contributed by atoms with Crippen LogP contribution in [-0.2, 0) is 0 Å². The van der Waals surface area contributed by atoms with Crippen molar-refractivity contribution in [3.05, 3.63) is 44.0 Å². The third kappa shape index (κ3) is 1.87. The predicted molar refractivity (Wildman–Crippen MR) is 66.6 cm³/mol. The molecule has 2 heterocycles. The van der Waals surface area contributed by atoms with E-state index < -0.39 is 0 Å². The molecule has 1 N–H and O–H groups in total. The Morgan fingerprint density at radius 2 is 2.36 bits per heavy atom. The number of halogens is 1. The monoisotopic (exact) mass is 319 g/mol. The lowest BCUT2D eigenvalue weighted by Crippen LogP contribution is -2.16. The second kappa shape index (κ2) is 4.46. The van der Waals surface area contributed by atoms with Crippen LogP contribution >= 0.6 is 33.9 Å². The summed E-state index contributed by atoms with van der Waals surface area (Å²) >= 11 is 4.13. The Morgan fingerprint density at radius 3 is 2.86 bits per heavy atom. The fourth-order valence-electron chi connectivity index (χ4n) is 1.40. The van der Waals surface area contributed by atoms with Crippen molar-refractivity contribution < 1.29 is 4.42 Å². The molecule has 0 aliphatic rings. The molecule has 1 unspecified atom stereocenters. The Balaban J connectivity index is 2.36. The summed E-state index contributed by atoms with van der Waals surface area (Å²) in [7, 11) is 1.97. The van der Waals surface area contributed by atoms with Crippen molar-refractivity contribution in [2.75, 3.05) is 7.05 Å². The van der Waals surface area contributed by atoms with Crippen LogP contribution in [0.15, 0.2) is 34.5 Å². The molecule has 0 saturated heterocycles. The summed E-state index contributed by atoms with van der Waals surface area (Å²) in [6, 6.07) is 4.38. The van der Waals surface area contributed by atoms with Gasteiger partial charge in [-0.2, -0.15) is 0 Å². The summed E-state index contributed by atoms with van der Waals surface area (Å²) in [6.07, 6.45) is 3.50. The molecule has 2 aromatic heterocycles. The lowest BCUT2D eigenvalue weighted by molar-refractivity contribution is 0.558. The number of furan rings is 1. The molecule has 0 aliphatic carbocycles. The molecule has 2 aromatic rings. The highest BCUT2D eigenvalue weighted by atomic mass is 127. The van der Waals surface area contributed by atoms with Crippen molar-refractivity contribution in [1.82, 2.24) is 5.32 Å². The molecule has 0 spiro atoms. The molecule has 0 aliphatic heterocycles. The molecule has 1 atom stereocenters. The maximum atomic E-state index is 5.10. The second-order valence-electron chi connectivity index (χ2n) is 2.91. The van der Waals surface area contributed by atoms with Crippen LogP contribution in [0.3, 0.4) is 0 Å². The zero-order valence-electron chi connectivity index (χ0n) is 7.66. The Hall–Kier alpha value is -0.330. The maximum absolute atomic E-state index is 5.10. The quantitative estimate of drug-likeness (QED) is 0.879. The van der Waals surface area contributed by atoms with Gasteiger partial charge in [0.15, 0.2) is 0 Å². The largest absolute Gasteiger partial charge is 0.472 e. The lowest BCUT2D eigenvalue weighted by atomic mass is 10.1. The first-order valence-corrected chi connectivity index (χ1v) is 6.21. The topological polar surface area (TPSA) is 25.2 Å². The van der Waals surface area contributed by atoms with Crippen LogP contribution in [0, 0.1) is 3.57 Å². The van der Waals surface area contributed by atoms with Gasteiger partial charge in [0.2, 0.25) is 0 Å². The molecular weight excluding hydrogens is 309 g/mol. The minimum atomic E-state index is 0.251. The van der Waals surface area contributed by atoms with E-state index in [-0.39, 0.29) is 6.04 Å². The fourth-order valence-corrected chi connectivity index (χ4v) is 3.44. The van der Waals surface area contributed by atoms with E-state index in [1.165, 1.54) is 14.0 Å². The normalized spacial score (nSPS) is 13.0. The molecule has 0 bridgehead atoms. The first-order chi connectivity index (χ1) is 6.83. The van der Waals surface area contributed by atoms with Gasteiger partial charge < -0.3 is 9.73 Å². The van der Waals surface area contributed by atoms with Gasteiger partial charge in [-0.3, -0.25) is 0 Å². The van der Waals surface area contributed by atoms with Gasteiger partial charge in [0.1, 0.15) is 0 Å². The molecule has 0 fully saturated rings. The Bertz CT molecular complexity index is 396. The molecule has 74 valence electrons. The molecule has 2 nitrogen and oxygen atoms in total. The standard InChI is InChI=1S/C10H10INOS/c1-12-9(7-2-4-13-6-7)10-8(11)3-5-14-10/h2-6,9,12H,1H3. The summed E-state index contributed by atoms with van der Waals surface area (Å²) in [4.78, 5) is 1.34. The van der Waals surface area contributed by atoms with E-state index >= 15 is 0 Å². The van der Waals surface area contributed by atoms with Crippen molar-refractivity contribution in [2.24, 2.45) is 0 Å². The average molecular weight is 319 g/mol. The van der Waals surface area contributed by atoms with Gasteiger partial charge in [-0.05, 0) is 47.2 Å². The Kier molecular flexibility index (Phi) is 3.25. The second-order valence-corrected chi connectivity index (χ2v) is 5.02. The summed E-state index contributed by atoms with van der Waals surface area (Å²) in [5, 5.41) is 5.41. The van der Waals surface area contributed by atoms with E-state index in [0.29, 0.717) is 0 Å². The van der Waals surface area contributed by atoms with Crippen LogP contribution in [0.25, 0.3) is 0 Å². The molecule has 0 aromatic carbocycles. The van der Waals surface area contributed by atoms with E-state index in [9.17, 15) is 0 Å². The first-order valence-electron chi connectivity index (χ1n) is 4.25. The number of hydrogen-bond acceptors (Lipinski definition) is 3. The van der Waals surface area contributed by atoms with E-state index in [1.807, 2.05) is 13.1 Å². The molecule has 2 rings (SSSR count). The fraction of sp³-hybridized carbons (Fsp3) is 0.200. The lowest BCUT2D eigenvalue weighted by Gasteiger charge is -2.12. The molecule has 0 saturated carbocycles. The molecule has 4 heteroatoms. The van der Waals surface area contributed by atoms with Crippen molar-refractivity contribution in [2.45, 2.75) is 6.04 Å². The van der Waals surface area contributed by atoms with Crippen molar-refractivity contribution in [3.8, 4) is 0 Å². The van der Waals surface area contributed by atoms with Crippen molar-refractivity contribution in [3.63, 3.8) is 0 Å². The zero-order valence-corrected chi connectivity index (χ0v) is 10.6. The van der Waals surface area contributed by atoms with Gasteiger partial charge in [0.25, 0.3) is 0 Å². The van der Waals surface area contributed by atoms with Crippen molar-refractivity contribution >= 4 is 33.9 Å². The van der Waals surface area contributed by atoms with E-state index in [1.54, 1.807) is 23.9 Å². The molecule has 0 radical (unpaired) electrons. The van der Waals surface area contributed by atoms with Crippen LogP contribution in [0.5, 0.6) is 0 Å². The maximum Gasteiger partial charge on any atom is 0.0954 e. The van der Waals surface area contributed by atoms with Gasteiger partial charge >= 0.3 is 0 Å². The van der Waals surface area contributed by atoms with Gasteiger partial charge in [0, 0.05) is 14.0 Å². The minimum absolute atomic E-state index is 0.251. The smallest absolute Gasteiger partial charge is 0.0954 e. The van der Waals surface area contributed by atoms with Crippen LogP contribution in [-0.4, -0.2) is 7.05 Å². The number of hydrogen-bond donors (Lipinski definition) is 1. The number of nitrogens with one attached hydrogen (secondary N) is 1. The summed E-state index contributed by atoms with van der Waals surface area (Å²) < 4.78 is 6.40.